The summed E-state index contributed by atoms with van der Waals surface area (Å²) in [6.07, 6.45) is 1.67. The largest absolute Gasteiger partial charge is 0.370 e. The summed E-state index contributed by atoms with van der Waals surface area (Å²) in [4.78, 5) is 16.1. The van der Waals surface area contributed by atoms with Crippen LogP contribution in [0.4, 0.5) is 0 Å². The second-order valence-corrected chi connectivity index (χ2v) is 8.27. The standard InChI is InChI=1S/2C9H10Cl2N2O/c2*1-4-3-6-7(5(2)14-4)8(10)13-9(11)12-6/h2*4-5H,3H2,1-2H3/t2*4-,5+/m10/s1. The fraction of sp³-hybridized carbons (Fsp3) is 0.556. The molecule has 0 spiro atoms. The fourth-order valence-corrected chi connectivity index (χ4v) is 4.65. The van der Waals surface area contributed by atoms with E-state index in [1.165, 1.54) is 0 Å². The molecular formula is C18H20Cl4N4O2. The van der Waals surface area contributed by atoms with Crippen LogP contribution >= 0.6 is 46.4 Å². The summed E-state index contributed by atoms with van der Waals surface area (Å²) in [5.41, 5.74) is 3.55. The third-order valence-corrected chi connectivity index (χ3v) is 5.46. The average Bonchev–Trinajstić information content (AvgIpc) is 2.52. The Balaban J connectivity index is 0.000000161. The van der Waals surface area contributed by atoms with Gasteiger partial charge in [0.2, 0.25) is 10.6 Å². The quantitative estimate of drug-likeness (QED) is 0.372. The molecule has 4 heterocycles. The van der Waals surface area contributed by atoms with Crippen molar-refractivity contribution in [2.75, 3.05) is 0 Å². The molecule has 0 aliphatic carbocycles. The number of ether oxygens (including phenoxy) is 2. The SMILES string of the molecule is C[C@@H]1Cc2nc(Cl)nc(Cl)c2[C@H](C)O1.C[C@H]1Cc2nc(Cl)nc(Cl)c2[C@@H](C)O1. The second kappa shape index (κ2) is 8.94. The van der Waals surface area contributed by atoms with Crippen molar-refractivity contribution >= 4 is 46.4 Å². The van der Waals surface area contributed by atoms with Crippen LogP contribution < -0.4 is 0 Å². The van der Waals surface area contributed by atoms with Crippen molar-refractivity contribution in [3.05, 3.63) is 43.4 Å². The Morgan fingerprint density at radius 2 is 1.00 bits per heavy atom. The summed E-state index contributed by atoms with van der Waals surface area (Å²) in [6, 6.07) is 0. The van der Waals surface area contributed by atoms with Gasteiger partial charge < -0.3 is 9.47 Å². The van der Waals surface area contributed by atoms with E-state index in [9.17, 15) is 0 Å². The molecule has 0 saturated heterocycles. The van der Waals surface area contributed by atoms with Gasteiger partial charge in [-0.2, -0.15) is 0 Å². The molecule has 0 amide bonds. The first-order valence-electron chi connectivity index (χ1n) is 8.90. The number of hydrogen-bond acceptors (Lipinski definition) is 6. The molecule has 0 saturated carbocycles. The molecule has 2 aliphatic rings. The lowest BCUT2D eigenvalue weighted by Gasteiger charge is -2.27. The maximum atomic E-state index is 5.97. The number of aromatic nitrogens is 4. The number of nitrogens with zero attached hydrogens (tertiary/aromatic N) is 4. The van der Waals surface area contributed by atoms with Crippen molar-refractivity contribution in [3.8, 4) is 0 Å². The van der Waals surface area contributed by atoms with E-state index in [0.29, 0.717) is 10.3 Å². The first kappa shape index (κ1) is 21.9. The minimum Gasteiger partial charge on any atom is -0.370 e. The summed E-state index contributed by atoms with van der Waals surface area (Å²) in [6.45, 7) is 7.89. The lowest BCUT2D eigenvalue weighted by atomic mass is 10.0. The van der Waals surface area contributed by atoms with Crippen LogP contribution in [-0.4, -0.2) is 32.1 Å². The van der Waals surface area contributed by atoms with Gasteiger partial charge in [0, 0.05) is 24.0 Å². The Kier molecular flexibility index (Phi) is 7.00. The summed E-state index contributed by atoms with van der Waals surface area (Å²) >= 11 is 23.4. The normalized spacial score (nSPS) is 26.0. The lowest BCUT2D eigenvalue weighted by molar-refractivity contribution is -0.00641. The van der Waals surface area contributed by atoms with E-state index in [-0.39, 0.29) is 35.0 Å². The molecule has 10 heteroatoms. The third-order valence-electron chi connectivity index (χ3n) is 4.55. The van der Waals surface area contributed by atoms with E-state index in [0.717, 1.165) is 35.4 Å². The van der Waals surface area contributed by atoms with Gasteiger partial charge in [-0.1, -0.05) is 23.2 Å². The highest BCUT2D eigenvalue weighted by Crippen LogP contribution is 2.34. The van der Waals surface area contributed by atoms with Gasteiger partial charge >= 0.3 is 0 Å². The van der Waals surface area contributed by atoms with Crippen molar-refractivity contribution in [3.63, 3.8) is 0 Å². The Hall–Kier alpha value is -0.760. The lowest BCUT2D eigenvalue weighted by Crippen LogP contribution is -2.24. The van der Waals surface area contributed by atoms with Gasteiger partial charge in [-0.15, -0.1) is 0 Å². The summed E-state index contributed by atoms with van der Waals surface area (Å²) in [5.74, 6) is 0. The summed E-state index contributed by atoms with van der Waals surface area (Å²) in [5, 5.41) is 1.21. The predicted molar refractivity (Wildman–Crippen MR) is 109 cm³/mol. The Labute approximate surface area is 183 Å². The van der Waals surface area contributed by atoms with Gasteiger partial charge in [-0.3, -0.25) is 0 Å². The molecule has 4 rings (SSSR count). The zero-order chi connectivity index (χ0) is 20.6. The molecule has 2 aromatic rings. The molecule has 0 unspecified atom stereocenters. The van der Waals surface area contributed by atoms with Crippen LogP contribution in [0.25, 0.3) is 0 Å². The van der Waals surface area contributed by atoms with Gasteiger partial charge in [0.15, 0.2) is 0 Å². The molecule has 0 aromatic carbocycles. The van der Waals surface area contributed by atoms with E-state index in [4.69, 9.17) is 55.9 Å². The highest BCUT2D eigenvalue weighted by Gasteiger charge is 2.27. The summed E-state index contributed by atoms with van der Waals surface area (Å²) in [7, 11) is 0. The van der Waals surface area contributed by atoms with Crippen molar-refractivity contribution in [2.45, 2.75) is 65.0 Å². The van der Waals surface area contributed by atoms with Gasteiger partial charge in [0.1, 0.15) is 10.3 Å². The minimum absolute atomic E-state index is 0.0569. The third kappa shape index (κ3) is 4.86. The van der Waals surface area contributed by atoms with Crippen LogP contribution in [0.15, 0.2) is 0 Å². The molecular weight excluding hydrogens is 446 g/mol. The second-order valence-electron chi connectivity index (χ2n) is 6.87. The Bertz CT molecular complexity index is 812. The Morgan fingerprint density at radius 3 is 1.36 bits per heavy atom. The monoisotopic (exact) mass is 464 g/mol. The van der Waals surface area contributed by atoms with Gasteiger partial charge in [-0.25, -0.2) is 19.9 Å². The van der Waals surface area contributed by atoms with Crippen LogP contribution in [0, 0.1) is 0 Å². The average molecular weight is 466 g/mol. The van der Waals surface area contributed by atoms with Gasteiger partial charge in [0.25, 0.3) is 0 Å². The first-order chi connectivity index (χ1) is 13.2. The van der Waals surface area contributed by atoms with Crippen molar-refractivity contribution < 1.29 is 9.47 Å². The maximum Gasteiger partial charge on any atom is 0.224 e. The van der Waals surface area contributed by atoms with Crippen LogP contribution in [0.2, 0.25) is 20.9 Å². The fourth-order valence-electron chi connectivity index (χ4n) is 3.50. The van der Waals surface area contributed by atoms with Crippen LogP contribution in [0.1, 0.15) is 62.4 Å². The van der Waals surface area contributed by atoms with Crippen molar-refractivity contribution in [2.24, 2.45) is 0 Å². The molecule has 0 N–H and O–H groups in total. The van der Waals surface area contributed by atoms with Crippen molar-refractivity contribution in [1.82, 2.24) is 19.9 Å². The zero-order valence-electron chi connectivity index (χ0n) is 15.8. The van der Waals surface area contributed by atoms with E-state index >= 15 is 0 Å². The number of hydrogen-bond donors (Lipinski definition) is 0. The molecule has 0 radical (unpaired) electrons. The van der Waals surface area contributed by atoms with Gasteiger partial charge in [-0.05, 0) is 50.9 Å². The molecule has 2 aliphatic heterocycles. The smallest absolute Gasteiger partial charge is 0.224 e. The molecule has 0 fully saturated rings. The van der Waals surface area contributed by atoms with E-state index in [2.05, 4.69) is 19.9 Å². The van der Waals surface area contributed by atoms with E-state index < -0.39 is 0 Å². The van der Waals surface area contributed by atoms with Crippen LogP contribution in [0.3, 0.4) is 0 Å². The van der Waals surface area contributed by atoms with E-state index in [1.54, 1.807) is 0 Å². The molecule has 4 atom stereocenters. The molecule has 6 nitrogen and oxygen atoms in total. The van der Waals surface area contributed by atoms with Crippen LogP contribution in [-0.2, 0) is 22.3 Å². The highest BCUT2D eigenvalue weighted by atomic mass is 35.5. The Morgan fingerprint density at radius 1 is 0.643 bits per heavy atom. The van der Waals surface area contributed by atoms with Crippen molar-refractivity contribution in [1.29, 1.82) is 0 Å². The van der Waals surface area contributed by atoms with Gasteiger partial charge in [0.05, 0.1) is 35.8 Å². The maximum absolute atomic E-state index is 5.97. The predicted octanol–water partition coefficient (Wildman–Crippen LogP) is 5.61. The first-order valence-corrected chi connectivity index (χ1v) is 10.4. The number of rotatable bonds is 0. The zero-order valence-corrected chi connectivity index (χ0v) is 18.9. The number of fused-ring (bicyclic) bond motifs is 2. The highest BCUT2D eigenvalue weighted by molar-refractivity contribution is 6.32. The van der Waals surface area contributed by atoms with Crippen LogP contribution in [0.5, 0.6) is 0 Å². The molecule has 0 bridgehead atoms. The minimum atomic E-state index is -0.0569. The molecule has 2 aromatic heterocycles. The molecule has 152 valence electrons. The topological polar surface area (TPSA) is 70.0 Å². The summed E-state index contributed by atoms with van der Waals surface area (Å²) < 4.78 is 11.3. The number of halogens is 4. The van der Waals surface area contributed by atoms with E-state index in [1.807, 2.05) is 27.7 Å². The molecule has 28 heavy (non-hydrogen) atoms.